The molecule has 0 atom stereocenters. The Morgan fingerprint density at radius 1 is 1.42 bits per heavy atom. The van der Waals surface area contributed by atoms with Crippen molar-refractivity contribution in [3.8, 4) is 5.75 Å². The molecule has 1 aromatic carbocycles. The number of nitrogen functional groups attached to an aromatic ring is 1. The van der Waals surface area contributed by atoms with Crippen LogP contribution in [0.5, 0.6) is 5.75 Å². The van der Waals surface area contributed by atoms with E-state index in [1.165, 1.54) is 18.2 Å². The van der Waals surface area contributed by atoms with Crippen LogP contribution in [0.15, 0.2) is 18.2 Å². The largest absolute Gasteiger partial charge is 0.435 e. The van der Waals surface area contributed by atoms with Gasteiger partial charge in [0, 0.05) is 6.07 Å². The van der Waals surface area contributed by atoms with Crippen molar-refractivity contribution < 1.29 is 13.5 Å². The van der Waals surface area contributed by atoms with E-state index in [4.69, 9.17) is 17.3 Å². The van der Waals surface area contributed by atoms with Crippen LogP contribution in [0.4, 0.5) is 14.5 Å². The summed E-state index contributed by atoms with van der Waals surface area (Å²) in [5, 5.41) is 0.316. The topological polar surface area (TPSA) is 35.2 Å². The molecule has 5 heteroatoms. The second-order valence-corrected chi connectivity index (χ2v) is 2.47. The van der Waals surface area contributed by atoms with E-state index in [0.29, 0.717) is 5.02 Å². The Kier molecular flexibility index (Phi) is 2.70. The lowest BCUT2D eigenvalue weighted by molar-refractivity contribution is -0.0497. The summed E-state index contributed by atoms with van der Waals surface area (Å²) < 4.78 is 27.4. The van der Waals surface area contributed by atoms with Crippen LogP contribution >= 0.6 is 11.6 Å². The summed E-state index contributed by atoms with van der Waals surface area (Å²) in [6.07, 6.45) is 0. The second-order valence-electron chi connectivity index (χ2n) is 2.06. The highest BCUT2D eigenvalue weighted by molar-refractivity contribution is 6.33. The van der Waals surface area contributed by atoms with E-state index in [0.717, 1.165) is 0 Å². The Morgan fingerprint density at radius 2 is 2.08 bits per heavy atom. The van der Waals surface area contributed by atoms with Gasteiger partial charge in [0.25, 0.3) is 0 Å². The van der Waals surface area contributed by atoms with E-state index >= 15 is 0 Å². The number of benzene rings is 1. The van der Waals surface area contributed by atoms with Crippen molar-refractivity contribution in [1.82, 2.24) is 0 Å². The van der Waals surface area contributed by atoms with Gasteiger partial charge < -0.3 is 10.5 Å². The molecule has 0 spiro atoms. The smallest absolute Gasteiger partial charge is 0.387 e. The quantitative estimate of drug-likeness (QED) is 0.733. The fourth-order valence-electron chi connectivity index (χ4n) is 0.698. The first-order valence-electron chi connectivity index (χ1n) is 3.09. The number of anilines is 1. The molecule has 0 aromatic heterocycles. The Hall–Kier alpha value is -1.03. The molecule has 12 heavy (non-hydrogen) atoms. The minimum atomic E-state index is -2.84. The third kappa shape index (κ3) is 2.23. The molecule has 1 rings (SSSR count). The molecular formula is C7H6ClF2NO. The number of halogens is 3. The molecule has 0 saturated carbocycles. The number of hydrogen-bond acceptors (Lipinski definition) is 2. The fourth-order valence-corrected chi connectivity index (χ4v) is 0.816. The number of nitrogens with two attached hydrogens (primary N) is 1. The van der Waals surface area contributed by atoms with E-state index in [1.54, 1.807) is 0 Å². The average molecular weight is 194 g/mol. The van der Waals surface area contributed by atoms with Gasteiger partial charge in [-0.15, -0.1) is 0 Å². The molecule has 0 aliphatic rings. The monoisotopic (exact) mass is 193 g/mol. The number of rotatable bonds is 2. The van der Waals surface area contributed by atoms with Crippen LogP contribution in [0, 0.1) is 0 Å². The highest BCUT2D eigenvalue weighted by atomic mass is 35.5. The first-order chi connectivity index (χ1) is 5.59. The van der Waals surface area contributed by atoms with Crippen LogP contribution in [0.3, 0.4) is 0 Å². The van der Waals surface area contributed by atoms with Gasteiger partial charge in [-0.1, -0.05) is 11.6 Å². The van der Waals surface area contributed by atoms with Gasteiger partial charge in [0.05, 0.1) is 10.7 Å². The van der Waals surface area contributed by atoms with Crippen LogP contribution < -0.4 is 10.5 Å². The van der Waals surface area contributed by atoms with Gasteiger partial charge in [-0.05, 0) is 12.1 Å². The van der Waals surface area contributed by atoms with Crippen molar-refractivity contribution in [3.63, 3.8) is 0 Å². The van der Waals surface area contributed by atoms with Crippen molar-refractivity contribution in [2.45, 2.75) is 6.61 Å². The molecule has 0 fully saturated rings. The average Bonchev–Trinajstić information content (AvgIpc) is 1.96. The van der Waals surface area contributed by atoms with E-state index in [2.05, 4.69) is 4.74 Å². The van der Waals surface area contributed by atoms with Crippen molar-refractivity contribution in [1.29, 1.82) is 0 Å². The molecule has 0 heterocycles. The Labute approximate surface area is 72.9 Å². The van der Waals surface area contributed by atoms with Gasteiger partial charge in [-0.25, -0.2) is 0 Å². The lowest BCUT2D eigenvalue weighted by Gasteiger charge is -2.05. The summed E-state index contributed by atoms with van der Waals surface area (Å²) in [5.74, 6) is 0.00639. The summed E-state index contributed by atoms with van der Waals surface area (Å²) in [6.45, 7) is -2.84. The zero-order chi connectivity index (χ0) is 9.14. The Bertz CT molecular complexity index is 280. The summed E-state index contributed by atoms with van der Waals surface area (Å²) in [6, 6.07) is 3.97. The number of ether oxygens (including phenoxy) is 1. The van der Waals surface area contributed by atoms with Crippen LogP contribution in [0.2, 0.25) is 5.02 Å². The maximum Gasteiger partial charge on any atom is 0.387 e. The highest BCUT2D eigenvalue weighted by Gasteiger charge is 2.05. The predicted octanol–water partition coefficient (Wildman–Crippen LogP) is 2.52. The van der Waals surface area contributed by atoms with Crippen LogP contribution in [-0.2, 0) is 0 Å². The summed E-state index contributed by atoms with van der Waals surface area (Å²) in [5.41, 5.74) is 5.56. The first kappa shape index (κ1) is 9.06. The number of hydrogen-bond donors (Lipinski definition) is 1. The SMILES string of the molecule is Nc1cc(OC(F)F)ccc1Cl. The molecule has 0 bridgehead atoms. The van der Waals surface area contributed by atoms with Gasteiger partial charge in [0.2, 0.25) is 0 Å². The van der Waals surface area contributed by atoms with Crippen LogP contribution in [0.1, 0.15) is 0 Å². The molecule has 0 radical (unpaired) electrons. The van der Waals surface area contributed by atoms with Crippen LogP contribution in [-0.4, -0.2) is 6.61 Å². The summed E-state index contributed by atoms with van der Waals surface area (Å²) >= 11 is 5.55. The van der Waals surface area contributed by atoms with Gasteiger partial charge in [-0.3, -0.25) is 0 Å². The molecule has 0 amide bonds. The Balaban J connectivity index is 2.82. The molecular weight excluding hydrogens is 188 g/mol. The van der Waals surface area contributed by atoms with Gasteiger partial charge in [-0.2, -0.15) is 8.78 Å². The first-order valence-corrected chi connectivity index (χ1v) is 3.47. The van der Waals surface area contributed by atoms with Gasteiger partial charge in [0.15, 0.2) is 0 Å². The molecule has 1 aromatic rings. The normalized spacial score (nSPS) is 10.3. The fraction of sp³-hybridized carbons (Fsp3) is 0.143. The number of alkyl halides is 2. The third-order valence-corrected chi connectivity index (χ3v) is 1.54. The minimum absolute atomic E-state index is 0.00639. The molecule has 0 aliphatic heterocycles. The zero-order valence-corrected chi connectivity index (χ0v) is 6.68. The van der Waals surface area contributed by atoms with Crippen molar-refractivity contribution in [3.05, 3.63) is 23.2 Å². The molecule has 2 N–H and O–H groups in total. The van der Waals surface area contributed by atoms with Crippen molar-refractivity contribution in [2.75, 3.05) is 5.73 Å². The van der Waals surface area contributed by atoms with E-state index in [1.807, 2.05) is 0 Å². The lowest BCUT2D eigenvalue weighted by atomic mass is 10.3. The van der Waals surface area contributed by atoms with Gasteiger partial charge in [0.1, 0.15) is 5.75 Å². The molecule has 2 nitrogen and oxygen atoms in total. The van der Waals surface area contributed by atoms with E-state index < -0.39 is 6.61 Å². The van der Waals surface area contributed by atoms with Crippen molar-refractivity contribution in [2.24, 2.45) is 0 Å². The zero-order valence-electron chi connectivity index (χ0n) is 5.93. The standard InChI is InChI=1S/C7H6ClF2NO/c8-5-2-1-4(3-6(5)11)12-7(9)10/h1-3,7H,11H2. The molecule has 66 valence electrons. The summed E-state index contributed by atoms with van der Waals surface area (Å²) in [4.78, 5) is 0. The minimum Gasteiger partial charge on any atom is -0.435 e. The third-order valence-electron chi connectivity index (χ3n) is 1.19. The highest BCUT2D eigenvalue weighted by Crippen LogP contribution is 2.24. The Morgan fingerprint density at radius 3 is 2.58 bits per heavy atom. The molecule has 0 saturated heterocycles. The maximum atomic E-state index is 11.7. The molecule has 0 aliphatic carbocycles. The molecule has 0 unspecified atom stereocenters. The second kappa shape index (κ2) is 3.58. The predicted molar refractivity (Wildman–Crippen MR) is 42.5 cm³/mol. The van der Waals surface area contributed by atoms with Gasteiger partial charge >= 0.3 is 6.61 Å². The summed E-state index contributed by atoms with van der Waals surface area (Å²) in [7, 11) is 0. The van der Waals surface area contributed by atoms with Crippen LogP contribution in [0.25, 0.3) is 0 Å². The van der Waals surface area contributed by atoms with E-state index in [-0.39, 0.29) is 11.4 Å². The maximum absolute atomic E-state index is 11.7. The van der Waals surface area contributed by atoms with Crippen molar-refractivity contribution >= 4 is 17.3 Å². The van der Waals surface area contributed by atoms with E-state index in [9.17, 15) is 8.78 Å². The lowest BCUT2D eigenvalue weighted by Crippen LogP contribution is -2.02.